The van der Waals surface area contributed by atoms with Gasteiger partial charge in [-0.2, -0.15) is 0 Å². The highest BCUT2D eigenvalue weighted by atomic mass is 16.2. The Morgan fingerprint density at radius 2 is 1.12 bits per heavy atom. The molecule has 0 aliphatic rings. The highest BCUT2D eigenvalue weighted by Gasteiger charge is 2.16. The van der Waals surface area contributed by atoms with Crippen molar-refractivity contribution in [3.8, 4) is 0 Å². The maximum absolute atomic E-state index is 12.3. The van der Waals surface area contributed by atoms with Crippen molar-refractivity contribution in [2.24, 2.45) is 0 Å². The van der Waals surface area contributed by atoms with E-state index in [-0.39, 0.29) is 49.6 Å². The molecule has 0 saturated carbocycles. The van der Waals surface area contributed by atoms with Gasteiger partial charge in [-0.15, -0.1) is 0 Å². The van der Waals surface area contributed by atoms with Crippen molar-refractivity contribution < 1.29 is 19.2 Å². The molecule has 33 heavy (non-hydrogen) atoms. The van der Waals surface area contributed by atoms with E-state index < -0.39 is 0 Å². The molecule has 0 saturated heterocycles. The van der Waals surface area contributed by atoms with E-state index in [1.165, 1.54) is 23.9 Å². The molecule has 2 aromatic heterocycles. The second-order valence-corrected chi connectivity index (χ2v) is 7.89. The van der Waals surface area contributed by atoms with Crippen molar-refractivity contribution in [3.05, 3.63) is 47.8 Å². The smallest absolute Gasteiger partial charge is 0.245 e. The third-order valence-electron chi connectivity index (χ3n) is 4.75. The zero-order chi connectivity index (χ0) is 24.4. The number of carbonyl (C=O) groups is 4. The number of pyridine rings is 2. The third kappa shape index (κ3) is 9.06. The number of nitrogens with one attached hydrogen (secondary N) is 2. The van der Waals surface area contributed by atoms with Gasteiger partial charge >= 0.3 is 0 Å². The van der Waals surface area contributed by atoms with Gasteiger partial charge in [0, 0.05) is 39.3 Å². The van der Waals surface area contributed by atoms with Crippen molar-refractivity contribution in [3.63, 3.8) is 0 Å². The van der Waals surface area contributed by atoms with Crippen molar-refractivity contribution in [2.75, 3.05) is 37.8 Å². The summed E-state index contributed by atoms with van der Waals surface area (Å²) in [5, 5.41) is 5.27. The number of hydrogen-bond donors (Lipinski definition) is 2. The average molecular weight is 455 g/mol. The van der Waals surface area contributed by atoms with E-state index in [2.05, 4.69) is 20.6 Å². The molecule has 4 amide bonds. The molecule has 0 aliphatic heterocycles. The van der Waals surface area contributed by atoms with Crippen molar-refractivity contribution in [1.82, 2.24) is 19.8 Å². The zero-order valence-corrected chi connectivity index (χ0v) is 19.4. The molecule has 10 nitrogen and oxygen atoms in total. The predicted octanol–water partition coefficient (Wildman–Crippen LogP) is 1.76. The summed E-state index contributed by atoms with van der Waals surface area (Å²) in [7, 11) is 3.06. The quantitative estimate of drug-likeness (QED) is 0.564. The first-order chi connectivity index (χ1) is 15.6. The van der Waals surface area contributed by atoms with Crippen molar-refractivity contribution in [1.29, 1.82) is 0 Å². The monoisotopic (exact) mass is 454 g/mol. The van der Waals surface area contributed by atoms with Gasteiger partial charge in [-0.25, -0.2) is 9.97 Å². The number of nitrogens with zero attached hydrogens (tertiary/aromatic N) is 4. The molecule has 0 aromatic carbocycles. The summed E-state index contributed by atoms with van der Waals surface area (Å²) in [6, 6.07) is 7.03. The van der Waals surface area contributed by atoms with Crippen molar-refractivity contribution in [2.45, 2.75) is 33.1 Å². The Kier molecular flexibility index (Phi) is 9.46. The van der Waals surface area contributed by atoms with E-state index in [0.717, 1.165) is 11.1 Å². The number of rotatable bonds is 10. The first-order valence-corrected chi connectivity index (χ1v) is 10.6. The molecular weight excluding hydrogens is 424 g/mol. The van der Waals surface area contributed by atoms with E-state index in [0.29, 0.717) is 18.1 Å². The maximum Gasteiger partial charge on any atom is 0.245 e. The number of aromatic nitrogens is 2. The van der Waals surface area contributed by atoms with Gasteiger partial charge in [-0.3, -0.25) is 19.2 Å². The average Bonchev–Trinajstić information content (AvgIpc) is 2.76. The Bertz CT molecular complexity index is 896. The van der Waals surface area contributed by atoms with Gasteiger partial charge in [-0.05, 0) is 43.5 Å². The number of amides is 4. The molecule has 2 N–H and O–H groups in total. The number of hydrogen-bond acceptors (Lipinski definition) is 6. The third-order valence-corrected chi connectivity index (χ3v) is 4.75. The van der Waals surface area contributed by atoms with Crippen LogP contribution >= 0.6 is 0 Å². The Balaban J connectivity index is 1.67. The standard InChI is InChI=1S/C23H30N6O4/c1-16-8-10-18(24-12-16)26-20(30)14-28(3)22(32)6-5-7-23(33)29(4)15-21(31)27-19-11-9-17(2)13-25-19/h8-13H,5-7,14-15H2,1-4H3,(H,24,26,30)(H,25,27,31). The minimum Gasteiger partial charge on any atom is -0.336 e. The van der Waals surface area contributed by atoms with E-state index in [1.807, 2.05) is 26.0 Å². The lowest BCUT2D eigenvalue weighted by Crippen LogP contribution is -2.36. The van der Waals surface area contributed by atoms with Crippen LogP contribution in [-0.2, 0) is 19.2 Å². The first-order valence-electron chi connectivity index (χ1n) is 10.6. The molecule has 2 aromatic rings. The van der Waals surface area contributed by atoms with Gasteiger partial charge in [0.05, 0.1) is 13.1 Å². The largest absolute Gasteiger partial charge is 0.336 e. The van der Waals surface area contributed by atoms with Gasteiger partial charge in [0.15, 0.2) is 0 Å². The summed E-state index contributed by atoms with van der Waals surface area (Å²) in [6.45, 7) is 3.56. The lowest BCUT2D eigenvalue weighted by atomic mass is 10.2. The molecule has 0 fully saturated rings. The van der Waals surface area contributed by atoms with Crippen LogP contribution in [0.2, 0.25) is 0 Å². The van der Waals surface area contributed by atoms with E-state index in [1.54, 1.807) is 24.5 Å². The van der Waals surface area contributed by atoms with Crippen LogP contribution in [0.3, 0.4) is 0 Å². The molecule has 10 heteroatoms. The van der Waals surface area contributed by atoms with Crippen LogP contribution in [0.25, 0.3) is 0 Å². The fourth-order valence-electron chi connectivity index (χ4n) is 2.83. The molecule has 2 heterocycles. The van der Waals surface area contributed by atoms with Crippen molar-refractivity contribution >= 4 is 35.3 Å². The molecule has 0 bridgehead atoms. The highest BCUT2D eigenvalue weighted by Crippen LogP contribution is 2.07. The van der Waals surface area contributed by atoms with Crippen LogP contribution in [0, 0.1) is 13.8 Å². The van der Waals surface area contributed by atoms with Crippen LogP contribution in [0.1, 0.15) is 30.4 Å². The molecule has 176 valence electrons. The fourth-order valence-corrected chi connectivity index (χ4v) is 2.83. The number of anilines is 2. The van der Waals surface area contributed by atoms with Gasteiger partial charge in [0.1, 0.15) is 11.6 Å². The van der Waals surface area contributed by atoms with Gasteiger partial charge in [0.2, 0.25) is 23.6 Å². The minimum atomic E-state index is -0.355. The van der Waals surface area contributed by atoms with Gasteiger partial charge < -0.3 is 20.4 Å². The Hall–Kier alpha value is -3.82. The molecule has 0 unspecified atom stereocenters. The summed E-state index contributed by atoms with van der Waals surface area (Å²) in [6.07, 6.45) is 3.83. The van der Waals surface area contributed by atoms with Crippen LogP contribution in [0.15, 0.2) is 36.7 Å². The molecule has 0 radical (unpaired) electrons. The molecular formula is C23H30N6O4. The van der Waals surface area contributed by atoms with Gasteiger partial charge in [0.25, 0.3) is 0 Å². The Morgan fingerprint density at radius 1 is 0.727 bits per heavy atom. The van der Waals surface area contributed by atoms with Crippen LogP contribution in [-0.4, -0.2) is 70.6 Å². The Labute approximate surface area is 193 Å². The van der Waals surface area contributed by atoms with Crippen LogP contribution < -0.4 is 10.6 Å². The topological polar surface area (TPSA) is 125 Å². The Morgan fingerprint density at radius 3 is 1.45 bits per heavy atom. The molecule has 0 spiro atoms. The lowest BCUT2D eigenvalue weighted by Gasteiger charge is -2.18. The first kappa shape index (κ1) is 25.4. The summed E-state index contributed by atoms with van der Waals surface area (Å²) in [4.78, 5) is 59.5. The number of aryl methyl sites for hydroxylation is 2. The SMILES string of the molecule is Cc1ccc(NC(=O)CN(C)C(=O)CCCC(=O)N(C)CC(=O)Nc2ccc(C)cn2)nc1. The molecule has 2 rings (SSSR count). The fraction of sp³-hybridized carbons (Fsp3) is 0.391. The van der Waals surface area contributed by atoms with E-state index >= 15 is 0 Å². The summed E-state index contributed by atoms with van der Waals surface area (Å²) in [5.74, 6) is -0.370. The maximum atomic E-state index is 12.3. The lowest BCUT2D eigenvalue weighted by molar-refractivity contribution is -0.135. The van der Waals surface area contributed by atoms with E-state index in [4.69, 9.17) is 0 Å². The predicted molar refractivity (Wildman–Crippen MR) is 124 cm³/mol. The number of likely N-dealkylation sites (N-methyl/N-ethyl adjacent to an activating group) is 2. The normalized spacial score (nSPS) is 10.3. The second kappa shape index (κ2) is 12.3. The summed E-state index contributed by atoms with van der Waals surface area (Å²) in [5.41, 5.74) is 1.95. The molecule has 0 aliphatic carbocycles. The van der Waals surface area contributed by atoms with Gasteiger partial charge in [-0.1, -0.05) is 12.1 Å². The zero-order valence-electron chi connectivity index (χ0n) is 19.4. The number of carbonyl (C=O) groups excluding carboxylic acids is 4. The minimum absolute atomic E-state index is 0.116. The molecule has 0 atom stereocenters. The summed E-state index contributed by atoms with van der Waals surface area (Å²) >= 11 is 0. The second-order valence-electron chi connectivity index (χ2n) is 7.89. The highest BCUT2D eigenvalue weighted by molar-refractivity contribution is 5.94. The van der Waals surface area contributed by atoms with Crippen LogP contribution in [0.4, 0.5) is 11.6 Å². The van der Waals surface area contributed by atoms with E-state index in [9.17, 15) is 19.2 Å². The summed E-state index contributed by atoms with van der Waals surface area (Å²) < 4.78 is 0. The van der Waals surface area contributed by atoms with Crippen LogP contribution in [0.5, 0.6) is 0 Å².